The highest BCUT2D eigenvalue weighted by Crippen LogP contribution is 2.34. The molecule has 3 nitrogen and oxygen atoms in total. The molecule has 2 aromatic rings. The van der Waals surface area contributed by atoms with Gasteiger partial charge in [-0.1, -0.05) is 18.2 Å². The van der Waals surface area contributed by atoms with Gasteiger partial charge in [-0.25, -0.2) is 4.98 Å². The highest BCUT2D eigenvalue weighted by molar-refractivity contribution is 14.0. The second-order valence-corrected chi connectivity index (χ2v) is 6.04. The molecule has 1 aromatic heterocycles. The standard InChI is InChI=1S/C17H20N2O.HI/c1-12-17(14-8-10-19(12)11-9-14)20-16-7-6-13-4-2-3-5-15(13)18-16;/h2-7,12,14,17H,8-11H2,1H3;1H. The van der Waals surface area contributed by atoms with Gasteiger partial charge in [0.1, 0.15) is 6.10 Å². The molecule has 0 radical (unpaired) electrons. The molecule has 0 saturated carbocycles. The summed E-state index contributed by atoms with van der Waals surface area (Å²) in [6.45, 7) is 4.75. The van der Waals surface area contributed by atoms with Crippen molar-refractivity contribution in [2.24, 2.45) is 5.92 Å². The maximum Gasteiger partial charge on any atom is 0.214 e. The Hall–Kier alpha value is -0.880. The molecule has 3 saturated heterocycles. The van der Waals surface area contributed by atoms with Crippen molar-refractivity contribution in [1.29, 1.82) is 0 Å². The van der Waals surface area contributed by atoms with Crippen LogP contribution in [0, 0.1) is 5.92 Å². The molecule has 1 aromatic carbocycles. The van der Waals surface area contributed by atoms with E-state index in [0.717, 1.165) is 11.4 Å². The van der Waals surface area contributed by atoms with Gasteiger partial charge in [0.25, 0.3) is 0 Å². The van der Waals surface area contributed by atoms with E-state index in [-0.39, 0.29) is 24.0 Å². The molecule has 2 atom stereocenters. The van der Waals surface area contributed by atoms with Crippen molar-refractivity contribution in [2.75, 3.05) is 13.1 Å². The van der Waals surface area contributed by atoms with Crippen LogP contribution in [-0.4, -0.2) is 35.1 Å². The molecule has 3 aliphatic heterocycles. The number of fused-ring (bicyclic) bond motifs is 4. The topological polar surface area (TPSA) is 25.4 Å². The molecule has 2 unspecified atom stereocenters. The SMILES string of the molecule is CC1C(Oc2ccc3ccccc3n2)C2CCN1CC2.I. The Kier molecular flexibility index (Phi) is 4.36. The lowest BCUT2D eigenvalue weighted by molar-refractivity contribution is -0.0524. The first kappa shape index (κ1) is 15.0. The smallest absolute Gasteiger partial charge is 0.214 e. The summed E-state index contributed by atoms with van der Waals surface area (Å²) in [5.41, 5.74) is 1.01. The van der Waals surface area contributed by atoms with Gasteiger partial charge in [0.2, 0.25) is 5.88 Å². The molecule has 4 heterocycles. The number of rotatable bonds is 2. The van der Waals surface area contributed by atoms with Crippen molar-refractivity contribution >= 4 is 34.9 Å². The van der Waals surface area contributed by atoms with Crippen LogP contribution in [0.3, 0.4) is 0 Å². The summed E-state index contributed by atoms with van der Waals surface area (Å²) < 4.78 is 6.26. The van der Waals surface area contributed by atoms with Crippen LogP contribution in [-0.2, 0) is 0 Å². The summed E-state index contributed by atoms with van der Waals surface area (Å²) >= 11 is 0. The third kappa shape index (κ3) is 2.75. The van der Waals surface area contributed by atoms with Gasteiger partial charge in [-0.15, -0.1) is 24.0 Å². The van der Waals surface area contributed by atoms with Crippen molar-refractivity contribution in [3.8, 4) is 5.88 Å². The number of benzene rings is 1. The number of aromatic nitrogens is 1. The van der Waals surface area contributed by atoms with Gasteiger partial charge >= 0.3 is 0 Å². The van der Waals surface area contributed by atoms with Gasteiger partial charge < -0.3 is 4.74 Å². The summed E-state index contributed by atoms with van der Waals surface area (Å²) in [4.78, 5) is 7.19. The average molecular weight is 396 g/mol. The van der Waals surface area contributed by atoms with Crippen LogP contribution in [0.15, 0.2) is 36.4 Å². The second kappa shape index (κ2) is 6.08. The predicted molar refractivity (Wildman–Crippen MR) is 95.3 cm³/mol. The first-order valence-electron chi connectivity index (χ1n) is 7.58. The molecule has 0 N–H and O–H groups in total. The molecule has 5 rings (SSSR count). The molecule has 3 fully saturated rings. The Morgan fingerprint density at radius 2 is 1.86 bits per heavy atom. The number of halogens is 1. The maximum absolute atomic E-state index is 6.26. The van der Waals surface area contributed by atoms with Gasteiger partial charge in [-0.3, -0.25) is 4.90 Å². The summed E-state index contributed by atoms with van der Waals surface area (Å²) in [5.74, 6) is 1.47. The fraction of sp³-hybridized carbons (Fsp3) is 0.471. The van der Waals surface area contributed by atoms with E-state index in [1.165, 1.54) is 31.3 Å². The molecule has 4 heteroatoms. The monoisotopic (exact) mass is 396 g/mol. The van der Waals surface area contributed by atoms with Gasteiger partial charge in [0, 0.05) is 17.5 Å². The van der Waals surface area contributed by atoms with Crippen LogP contribution in [0.2, 0.25) is 0 Å². The number of piperidine rings is 3. The normalized spacial score (nSPS) is 30.9. The number of nitrogens with zero attached hydrogens (tertiary/aromatic N) is 2. The van der Waals surface area contributed by atoms with Crippen molar-refractivity contribution in [3.63, 3.8) is 0 Å². The Balaban J connectivity index is 0.00000132. The second-order valence-electron chi connectivity index (χ2n) is 6.04. The van der Waals surface area contributed by atoms with Crippen LogP contribution in [0.4, 0.5) is 0 Å². The molecule has 3 aliphatic rings. The lowest BCUT2D eigenvalue weighted by Gasteiger charge is -2.49. The third-order valence-corrected chi connectivity index (χ3v) is 4.92. The first-order valence-corrected chi connectivity index (χ1v) is 7.58. The Bertz CT molecular complexity index is 623. The van der Waals surface area contributed by atoms with E-state index >= 15 is 0 Å². The van der Waals surface area contributed by atoms with E-state index in [0.29, 0.717) is 18.1 Å². The summed E-state index contributed by atoms with van der Waals surface area (Å²) in [7, 11) is 0. The van der Waals surface area contributed by atoms with Crippen LogP contribution in [0.5, 0.6) is 5.88 Å². The number of hydrogen-bond acceptors (Lipinski definition) is 3. The Morgan fingerprint density at radius 1 is 1.10 bits per heavy atom. The minimum atomic E-state index is 0. The zero-order valence-corrected chi connectivity index (χ0v) is 14.6. The predicted octanol–water partition coefficient (Wildman–Crippen LogP) is 3.71. The quantitative estimate of drug-likeness (QED) is 0.724. The minimum Gasteiger partial charge on any atom is -0.472 e. The fourth-order valence-electron chi connectivity index (χ4n) is 3.70. The van der Waals surface area contributed by atoms with E-state index in [4.69, 9.17) is 4.74 Å². The Morgan fingerprint density at radius 3 is 2.62 bits per heavy atom. The molecule has 112 valence electrons. The highest BCUT2D eigenvalue weighted by atomic mass is 127. The number of ether oxygens (including phenoxy) is 1. The molecule has 0 aliphatic carbocycles. The largest absolute Gasteiger partial charge is 0.472 e. The summed E-state index contributed by atoms with van der Waals surface area (Å²) in [6, 6.07) is 12.8. The molecular formula is C17H21IN2O. The highest BCUT2D eigenvalue weighted by Gasteiger charge is 2.41. The van der Waals surface area contributed by atoms with Gasteiger partial charge in [0.05, 0.1) is 5.52 Å². The van der Waals surface area contributed by atoms with Crippen molar-refractivity contribution in [3.05, 3.63) is 36.4 Å². The van der Waals surface area contributed by atoms with Gasteiger partial charge in [0.15, 0.2) is 0 Å². The van der Waals surface area contributed by atoms with E-state index < -0.39 is 0 Å². The first-order chi connectivity index (χ1) is 9.81. The lowest BCUT2D eigenvalue weighted by atomic mass is 9.81. The summed E-state index contributed by atoms with van der Waals surface area (Å²) in [6.07, 6.45) is 2.83. The minimum absolute atomic E-state index is 0. The van der Waals surface area contributed by atoms with Crippen LogP contribution in [0.25, 0.3) is 10.9 Å². The molecule has 0 amide bonds. The number of para-hydroxylation sites is 1. The average Bonchev–Trinajstić information content (AvgIpc) is 2.51. The third-order valence-electron chi connectivity index (χ3n) is 4.92. The zero-order valence-electron chi connectivity index (χ0n) is 12.2. The molecule has 21 heavy (non-hydrogen) atoms. The summed E-state index contributed by atoms with van der Waals surface area (Å²) in [5, 5.41) is 1.17. The van der Waals surface area contributed by atoms with E-state index in [9.17, 15) is 0 Å². The Labute approximate surface area is 142 Å². The van der Waals surface area contributed by atoms with Crippen molar-refractivity contribution < 1.29 is 4.74 Å². The van der Waals surface area contributed by atoms with Crippen LogP contribution >= 0.6 is 24.0 Å². The van der Waals surface area contributed by atoms with Gasteiger partial charge in [-0.05, 0) is 50.9 Å². The number of pyridine rings is 1. The van der Waals surface area contributed by atoms with E-state index in [1.807, 2.05) is 24.3 Å². The molecule has 2 bridgehead atoms. The van der Waals surface area contributed by atoms with Crippen molar-refractivity contribution in [2.45, 2.75) is 31.9 Å². The van der Waals surface area contributed by atoms with E-state index in [2.05, 4.69) is 28.9 Å². The lowest BCUT2D eigenvalue weighted by Crippen LogP contribution is -2.58. The van der Waals surface area contributed by atoms with Crippen molar-refractivity contribution in [1.82, 2.24) is 9.88 Å². The number of hydrogen-bond donors (Lipinski definition) is 0. The van der Waals surface area contributed by atoms with Gasteiger partial charge in [-0.2, -0.15) is 0 Å². The fourth-order valence-corrected chi connectivity index (χ4v) is 3.70. The van der Waals surface area contributed by atoms with E-state index in [1.54, 1.807) is 0 Å². The van der Waals surface area contributed by atoms with Crippen LogP contribution < -0.4 is 4.74 Å². The molecule has 0 spiro atoms. The zero-order chi connectivity index (χ0) is 13.5. The maximum atomic E-state index is 6.26. The van der Waals surface area contributed by atoms with Crippen LogP contribution in [0.1, 0.15) is 19.8 Å². The molecular weight excluding hydrogens is 375 g/mol.